The van der Waals surface area contributed by atoms with Gasteiger partial charge in [0.25, 0.3) is 0 Å². The number of piperazine rings is 1. The normalized spacial score (nSPS) is 16.7. The third kappa shape index (κ3) is 5.65. The van der Waals surface area contributed by atoms with Crippen molar-refractivity contribution in [3.05, 3.63) is 24.3 Å². The van der Waals surface area contributed by atoms with Crippen LogP contribution in [0.2, 0.25) is 0 Å². The van der Waals surface area contributed by atoms with Gasteiger partial charge >= 0.3 is 0 Å². The molecule has 24 heavy (non-hydrogen) atoms. The van der Waals surface area contributed by atoms with E-state index in [9.17, 15) is 8.42 Å². The van der Waals surface area contributed by atoms with E-state index in [0.717, 1.165) is 51.3 Å². The summed E-state index contributed by atoms with van der Waals surface area (Å²) in [5.41, 5.74) is 7.85. The molecule has 136 valence electrons. The van der Waals surface area contributed by atoms with Crippen molar-refractivity contribution in [2.24, 2.45) is 0 Å². The minimum atomic E-state index is -3.13. The zero-order valence-electron chi connectivity index (χ0n) is 14.7. The highest BCUT2D eigenvalue weighted by atomic mass is 32.2. The molecule has 0 spiro atoms. The fourth-order valence-electron chi connectivity index (χ4n) is 2.79. The van der Waals surface area contributed by atoms with Crippen molar-refractivity contribution in [2.45, 2.75) is 31.9 Å². The number of benzene rings is 1. The van der Waals surface area contributed by atoms with Crippen LogP contribution < -0.4 is 15.4 Å². The fourth-order valence-corrected chi connectivity index (χ4v) is 3.55. The van der Waals surface area contributed by atoms with Crippen LogP contribution in [-0.2, 0) is 10.0 Å². The molecule has 0 radical (unpaired) electrons. The summed E-state index contributed by atoms with van der Waals surface area (Å²) in [5.74, 6) is 0. The first-order valence-corrected chi connectivity index (χ1v) is 10.2. The van der Waals surface area contributed by atoms with Crippen molar-refractivity contribution in [3.63, 3.8) is 0 Å². The molecule has 1 aromatic rings. The largest absolute Gasteiger partial charge is 0.399 e. The van der Waals surface area contributed by atoms with Gasteiger partial charge < -0.3 is 10.6 Å². The Morgan fingerprint density at radius 1 is 1.17 bits per heavy atom. The van der Waals surface area contributed by atoms with E-state index in [4.69, 9.17) is 5.73 Å². The van der Waals surface area contributed by atoms with Gasteiger partial charge in [0.05, 0.1) is 5.25 Å². The van der Waals surface area contributed by atoms with Crippen LogP contribution in [0.5, 0.6) is 0 Å². The van der Waals surface area contributed by atoms with Gasteiger partial charge in [-0.1, -0.05) is 6.07 Å². The van der Waals surface area contributed by atoms with E-state index in [1.807, 2.05) is 18.2 Å². The lowest BCUT2D eigenvalue weighted by atomic mass is 10.2. The van der Waals surface area contributed by atoms with Gasteiger partial charge in [0.1, 0.15) is 0 Å². The second-order valence-corrected chi connectivity index (χ2v) is 8.94. The molecule has 0 bridgehead atoms. The van der Waals surface area contributed by atoms with Gasteiger partial charge in [0, 0.05) is 44.1 Å². The standard InChI is InChI=1S/C17H30N4O2S/c1-15(2)24(22,23)19-8-3-4-9-20-10-12-21(13-11-20)17-7-5-6-16(18)14-17/h5-7,14-15,19H,3-4,8-13,18H2,1-2H3. The molecule has 1 aliphatic heterocycles. The monoisotopic (exact) mass is 354 g/mol. The Balaban J connectivity index is 1.63. The lowest BCUT2D eigenvalue weighted by Crippen LogP contribution is -2.46. The highest BCUT2D eigenvalue weighted by Crippen LogP contribution is 2.19. The van der Waals surface area contributed by atoms with Crippen molar-refractivity contribution >= 4 is 21.4 Å². The quantitative estimate of drug-likeness (QED) is 0.546. The molecule has 0 aliphatic carbocycles. The molecule has 1 aliphatic rings. The van der Waals surface area contributed by atoms with E-state index in [-0.39, 0.29) is 5.25 Å². The van der Waals surface area contributed by atoms with E-state index in [1.54, 1.807) is 13.8 Å². The Bertz CT molecular complexity index is 611. The maximum atomic E-state index is 11.7. The van der Waals surface area contributed by atoms with Crippen molar-refractivity contribution in [1.82, 2.24) is 9.62 Å². The molecule has 1 saturated heterocycles. The van der Waals surface area contributed by atoms with Gasteiger partial charge in [-0.3, -0.25) is 4.90 Å². The number of sulfonamides is 1. The maximum Gasteiger partial charge on any atom is 0.213 e. The van der Waals surface area contributed by atoms with Crippen LogP contribution in [0.1, 0.15) is 26.7 Å². The smallest absolute Gasteiger partial charge is 0.213 e. The molecule has 0 amide bonds. The van der Waals surface area contributed by atoms with Gasteiger partial charge in [-0.15, -0.1) is 0 Å². The summed E-state index contributed by atoms with van der Waals surface area (Å²) in [4.78, 5) is 4.81. The molecule has 1 aromatic carbocycles. The molecule has 0 unspecified atom stereocenters. The summed E-state index contributed by atoms with van der Waals surface area (Å²) in [6, 6.07) is 8.03. The number of unbranched alkanes of at least 4 members (excludes halogenated alkanes) is 1. The van der Waals surface area contributed by atoms with E-state index in [0.29, 0.717) is 6.54 Å². The lowest BCUT2D eigenvalue weighted by Gasteiger charge is -2.36. The predicted molar refractivity (Wildman–Crippen MR) is 101 cm³/mol. The maximum absolute atomic E-state index is 11.7. The highest BCUT2D eigenvalue weighted by Gasteiger charge is 2.17. The predicted octanol–water partition coefficient (Wildman–Crippen LogP) is 1.50. The molecule has 1 heterocycles. The summed E-state index contributed by atoms with van der Waals surface area (Å²) in [5, 5.41) is -0.363. The summed E-state index contributed by atoms with van der Waals surface area (Å²) >= 11 is 0. The van der Waals surface area contributed by atoms with Crippen LogP contribution in [0.15, 0.2) is 24.3 Å². The Labute approximate surface area is 146 Å². The molecule has 3 N–H and O–H groups in total. The Morgan fingerprint density at radius 3 is 2.50 bits per heavy atom. The number of hydrogen-bond donors (Lipinski definition) is 2. The first-order valence-electron chi connectivity index (χ1n) is 8.70. The SMILES string of the molecule is CC(C)S(=O)(=O)NCCCCN1CCN(c2cccc(N)c2)CC1. The van der Waals surface area contributed by atoms with Gasteiger partial charge in [-0.05, 0) is 51.4 Å². The van der Waals surface area contributed by atoms with Crippen molar-refractivity contribution in [2.75, 3.05) is 49.9 Å². The molecule has 0 atom stereocenters. The minimum Gasteiger partial charge on any atom is -0.399 e. The highest BCUT2D eigenvalue weighted by molar-refractivity contribution is 7.90. The molecular formula is C17H30N4O2S. The van der Waals surface area contributed by atoms with Crippen LogP contribution in [0.4, 0.5) is 11.4 Å². The lowest BCUT2D eigenvalue weighted by molar-refractivity contribution is 0.253. The van der Waals surface area contributed by atoms with Crippen LogP contribution in [0, 0.1) is 0 Å². The van der Waals surface area contributed by atoms with Gasteiger partial charge in [0.15, 0.2) is 0 Å². The second-order valence-electron chi connectivity index (χ2n) is 6.62. The number of nitrogen functional groups attached to an aromatic ring is 1. The third-order valence-corrected chi connectivity index (χ3v) is 6.28. The van der Waals surface area contributed by atoms with Gasteiger partial charge in [0.2, 0.25) is 10.0 Å². The summed E-state index contributed by atoms with van der Waals surface area (Å²) in [6.45, 7) is 9.02. The minimum absolute atomic E-state index is 0.363. The molecule has 0 saturated carbocycles. The number of anilines is 2. The third-order valence-electron chi connectivity index (χ3n) is 4.43. The number of nitrogens with one attached hydrogen (secondary N) is 1. The van der Waals surface area contributed by atoms with Crippen molar-refractivity contribution in [1.29, 1.82) is 0 Å². The van der Waals surface area contributed by atoms with E-state index < -0.39 is 10.0 Å². The van der Waals surface area contributed by atoms with Crippen LogP contribution in [0.3, 0.4) is 0 Å². The molecular weight excluding hydrogens is 324 g/mol. The fraction of sp³-hybridized carbons (Fsp3) is 0.647. The first-order chi connectivity index (χ1) is 11.4. The van der Waals surface area contributed by atoms with Crippen LogP contribution in [0.25, 0.3) is 0 Å². The Kier molecular flexibility index (Phi) is 6.89. The summed E-state index contributed by atoms with van der Waals surface area (Å²) in [7, 11) is -3.13. The number of rotatable bonds is 8. The van der Waals surface area contributed by atoms with E-state index in [2.05, 4.69) is 20.6 Å². The molecule has 0 aromatic heterocycles. The Hall–Kier alpha value is -1.31. The zero-order chi connectivity index (χ0) is 17.6. The van der Waals surface area contributed by atoms with E-state index >= 15 is 0 Å². The number of nitrogens with zero attached hydrogens (tertiary/aromatic N) is 2. The van der Waals surface area contributed by atoms with Crippen molar-refractivity contribution in [3.8, 4) is 0 Å². The van der Waals surface area contributed by atoms with Gasteiger partial charge in [-0.25, -0.2) is 13.1 Å². The molecule has 7 heteroatoms. The topological polar surface area (TPSA) is 78.7 Å². The number of nitrogens with two attached hydrogens (primary N) is 1. The van der Waals surface area contributed by atoms with Crippen molar-refractivity contribution < 1.29 is 8.42 Å². The molecule has 2 rings (SSSR count). The van der Waals surface area contributed by atoms with Crippen LogP contribution in [-0.4, -0.2) is 57.8 Å². The average molecular weight is 355 g/mol. The second kappa shape index (κ2) is 8.69. The Morgan fingerprint density at radius 2 is 1.88 bits per heavy atom. The first kappa shape index (κ1) is 19.0. The summed E-state index contributed by atoms with van der Waals surface area (Å²) < 4.78 is 26.0. The molecule has 6 nitrogen and oxygen atoms in total. The van der Waals surface area contributed by atoms with Gasteiger partial charge in [-0.2, -0.15) is 0 Å². The molecule has 1 fully saturated rings. The zero-order valence-corrected chi connectivity index (χ0v) is 15.6. The van der Waals surface area contributed by atoms with E-state index in [1.165, 1.54) is 5.69 Å². The average Bonchev–Trinajstić information content (AvgIpc) is 2.55. The van der Waals surface area contributed by atoms with Crippen LogP contribution >= 0.6 is 0 Å². The summed E-state index contributed by atoms with van der Waals surface area (Å²) in [6.07, 6.45) is 1.89. The number of hydrogen-bond acceptors (Lipinski definition) is 5.